The van der Waals surface area contributed by atoms with E-state index in [0.717, 1.165) is 12.1 Å². The zero-order chi connectivity index (χ0) is 15.9. The number of nitrogens with one attached hydrogen (secondary N) is 1. The van der Waals surface area contributed by atoms with Crippen LogP contribution in [-0.2, 0) is 9.59 Å². The molecule has 1 heterocycles. The number of aliphatic carboxylic acids is 1. The summed E-state index contributed by atoms with van der Waals surface area (Å²) in [4.78, 5) is 35.9. The second-order valence-electron chi connectivity index (χ2n) is 5.31. The lowest BCUT2D eigenvalue weighted by molar-refractivity contribution is -0.137. The van der Waals surface area contributed by atoms with Crippen molar-refractivity contribution in [3.8, 4) is 0 Å². The molecule has 1 saturated heterocycles. The summed E-state index contributed by atoms with van der Waals surface area (Å²) in [6, 6.07) is 7.01. The molecule has 0 aromatic heterocycles. The normalized spacial score (nSPS) is 14.2. The number of amides is 2. The lowest BCUT2D eigenvalue weighted by atomic mass is 10.1. The van der Waals surface area contributed by atoms with Crippen LogP contribution in [0.3, 0.4) is 0 Å². The molecule has 6 heteroatoms. The van der Waals surface area contributed by atoms with Crippen molar-refractivity contribution >= 4 is 23.5 Å². The van der Waals surface area contributed by atoms with E-state index >= 15 is 0 Å². The molecule has 0 atom stereocenters. The Morgan fingerprint density at radius 1 is 1.27 bits per heavy atom. The second kappa shape index (κ2) is 7.59. The Morgan fingerprint density at radius 2 is 2.09 bits per heavy atom. The van der Waals surface area contributed by atoms with Crippen LogP contribution in [0.4, 0.5) is 5.69 Å². The average molecular weight is 304 g/mol. The first-order valence-corrected chi connectivity index (χ1v) is 7.48. The van der Waals surface area contributed by atoms with Gasteiger partial charge in [-0.3, -0.25) is 14.4 Å². The van der Waals surface area contributed by atoms with Crippen molar-refractivity contribution in [3.63, 3.8) is 0 Å². The third-order valence-electron chi connectivity index (χ3n) is 3.60. The first-order valence-electron chi connectivity index (χ1n) is 7.48. The SMILES string of the molecule is O=C(O)CCCCNC(=O)c1cccc(N2CCCC2=O)c1. The van der Waals surface area contributed by atoms with E-state index in [9.17, 15) is 14.4 Å². The molecule has 22 heavy (non-hydrogen) atoms. The smallest absolute Gasteiger partial charge is 0.303 e. The number of unbranched alkanes of at least 4 members (excludes halogenated alkanes) is 1. The lowest BCUT2D eigenvalue weighted by Crippen LogP contribution is -2.26. The lowest BCUT2D eigenvalue weighted by Gasteiger charge is -2.16. The largest absolute Gasteiger partial charge is 0.481 e. The molecule has 1 fully saturated rings. The van der Waals surface area contributed by atoms with Gasteiger partial charge < -0.3 is 15.3 Å². The van der Waals surface area contributed by atoms with Gasteiger partial charge in [-0.1, -0.05) is 6.07 Å². The van der Waals surface area contributed by atoms with Crippen LogP contribution in [0.1, 0.15) is 42.5 Å². The Bertz CT molecular complexity index is 571. The van der Waals surface area contributed by atoms with Crippen LogP contribution in [0, 0.1) is 0 Å². The first-order chi connectivity index (χ1) is 10.6. The number of benzene rings is 1. The van der Waals surface area contributed by atoms with Gasteiger partial charge in [-0.25, -0.2) is 0 Å². The zero-order valence-corrected chi connectivity index (χ0v) is 12.4. The number of anilines is 1. The van der Waals surface area contributed by atoms with Gasteiger partial charge >= 0.3 is 5.97 Å². The van der Waals surface area contributed by atoms with Crippen LogP contribution in [0.15, 0.2) is 24.3 Å². The predicted molar refractivity (Wildman–Crippen MR) is 81.8 cm³/mol. The van der Waals surface area contributed by atoms with Gasteiger partial charge in [0.1, 0.15) is 0 Å². The molecule has 6 nitrogen and oxygen atoms in total. The number of carboxylic acids is 1. The van der Waals surface area contributed by atoms with Crippen LogP contribution in [-0.4, -0.2) is 36.0 Å². The van der Waals surface area contributed by atoms with E-state index in [1.807, 2.05) is 6.07 Å². The highest BCUT2D eigenvalue weighted by Gasteiger charge is 2.22. The number of nitrogens with zero attached hydrogens (tertiary/aromatic N) is 1. The molecule has 0 spiro atoms. The number of carbonyl (C=O) groups is 3. The monoisotopic (exact) mass is 304 g/mol. The maximum absolute atomic E-state index is 12.1. The Balaban J connectivity index is 1.87. The summed E-state index contributed by atoms with van der Waals surface area (Å²) in [6.07, 6.45) is 2.68. The average Bonchev–Trinajstić information content (AvgIpc) is 2.92. The van der Waals surface area contributed by atoms with Crippen LogP contribution >= 0.6 is 0 Å². The highest BCUT2D eigenvalue weighted by atomic mass is 16.4. The van der Waals surface area contributed by atoms with E-state index in [2.05, 4.69) is 5.32 Å². The minimum atomic E-state index is -0.825. The highest BCUT2D eigenvalue weighted by Crippen LogP contribution is 2.22. The summed E-state index contributed by atoms with van der Waals surface area (Å²) in [6.45, 7) is 1.14. The summed E-state index contributed by atoms with van der Waals surface area (Å²) < 4.78 is 0. The van der Waals surface area contributed by atoms with Crippen molar-refractivity contribution in [2.24, 2.45) is 0 Å². The molecule has 1 aliphatic heterocycles. The van der Waals surface area contributed by atoms with Gasteiger partial charge in [0.05, 0.1) is 0 Å². The molecule has 2 amide bonds. The summed E-state index contributed by atoms with van der Waals surface area (Å²) >= 11 is 0. The summed E-state index contributed by atoms with van der Waals surface area (Å²) in [5.74, 6) is -0.940. The molecular formula is C16H20N2O4. The third-order valence-corrected chi connectivity index (χ3v) is 3.60. The molecule has 0 saturated carbocycles. The minimum Gasteiger partial charge on any atom is -0.481 e. The quantitative estimate of drug-likeness (QED) is 0.752. The number of carbonyl (C=O) groups excluding carboxylic acids is 2. The van der Waals surface area contributed by atoms with Crippen molar-refractivity contribution in [2.75, 3.05) is 18.0 Å². The number of hydrogen-bond acceptors (Lipinski definition) is 3. The molecular weight excluding hydrogens is 284 g/mol. The van der Waals surface area contributed by atoms with E-state index in [1.54, 1.807) is 23.1 Å². The van der Waals surface area contributed by atoms with E-state index < -0.39 is 5.97 Å². The van der Waals surface area contributed by atoms with Crippen LogP contribution in [0.5, 0.6) is 0 Å². The maximum Gasteiger partial charge on any atom is 0.303 e. The van der Waals surface area contributed by atoms with Crippen LogP contribution in [0.25, 0.3) is 0 Å². The fourth-order valence-corrected chi connectivity index (χ4v) is 2.44. The Kier molecular flexibility index (Phi) is 5.52. The summed E-state index contributed by atoms with van der Waals surface area (Å²) in [7, 11) is 0. The Hall–Kier alpha value is -2.37. The molecule has 118 valence electrons. The molecule has 1 aliphatic rings. The zero-order valence-electron chi connectivity index (χ0n) is 12.4. The van der Waals surface area contributed by atoms with Crippen molar-refractivity contribution in [2.45, 2.75) is 32.1 Å². The van der Waals surface area contributed by atoms with Gasteiger partial charge in [0.15, 0.2) is 0 Å². The Morgan fingerprint density at radius 3 is 2.77 bits per heavy atom. The highest BCUT2D eigenvalue weighted by molar-refractivity contribution is 5.99. The van der Waals surface area contributed by atoms with Crippen LogP contribution in [0.2, 0.25) is 0 Å². The fourth-order valence-electron chi connectivity index (χ4n) is 2.44. The van der Waals surface area contributed by atoms with Crippen LogP contribution < -0.4 is 10.2 Å². The topological polar surface area (TPSA) is 86.7 Å². The first kappa shape index (κ1) is 16.0. The number of carboxylic acid groups (broad SMARTS) is 1. The number of hydrogen-bond donors (Lipinski definition) is 2. The fraction of sp³-hybridized carbons (Fsp3) is 0.438. The van der Waals surface area contributed by atoms with Gasteiger partial charge in [-0.15, -0.1) is 0 Å². The van der Waals surface area contributed by atoms with E-state index in [0.29, 0.717) is 37.9 Å². The molecule has 1 aromatic carbocycles. The van der Waals surface area contributed by atoms with Crippen molar-refractivity contribution in [1.29, 1.82) is 0 Å². The van der Waals surface area contributed by atoms with Gasteiger partial charge in [-0.2, -0.15) is 0 Å². The van der Waals surface area contributed by atoms with E-state index in [-0.39, 0.29) is 18.2 Å². The number of rotatable bonds is 7. The molecule has 2 rings (SSSR count). The maximum atomic E-state index is 12.1. The van der Waals surface area contributed by atoms with Crippen molar-refractivity contribution in [1.82, 2.24) is 5.32 Å². The van der Waals surface area contributed by atoms with Gasteiger partial charge in [0.2, 0.25) is 5.91 Å². The second-order valence-corrected chi connectivity index (χ2v) is 5.31. The predicted octanol–water partition coefficient (Wildman–Crippen LogP) is 1.80. The summed E-state index contributed by atoms with van der Waals surface area (Å²) in [5, 5.41) is 11.3. The van der Waals surface area contributed by atoms with Gasteiger partial charge in [-0.05, 0) is 37.5 Å². The Labute approximate surface area is 129 Å². The molecule has 1 aromatic rings. The molecule has 0 bridgehead atoms. The molecule has 0 unspecified atom stereocenters. The van der Waals surface area contributed by atoms with Crippen molar-refractivity contribution < 1.29 is 19.5 Å². The third kappa shape index (κ3) is 4.31. The summed E-state index contributed by atoms with van der Waals surface area (Å²) in [5.41, 5.74) is 1.26. The molecule has 0 radical (unpaired) electrons. The van der Waals surface area contributed by atoms with Gasteiger partial charge in [0.25, 0.3) is 5.91 Å². The minimum absolute atomic E-state index is 0.0891. The molecule has 2 N–H and O–H groups in total. The van der Waals surface area contributed by atoms with E-state index in [1.165, 1.54) is 0 Å². The van der Waals surface area contributed by atoms with Crippen molar-refractivity contribution in [3.05, 3.63) is 29.8 Å². The molecule has 0 aliphatic carbocycles. The van der Waals surface area contributed by atoms with Gasteiger partial charge in [0, 0.05) is 37.2 Å². The van der Waals surface area contributed by atoms with E-state index in [4.69, 9.17) is 5.11 Å². The standard InChI is InChI=1S/C16H20N2O4/c19-14-7-4-10-18(14)13-6-3-5-12(11-13)16(22)17-9-2-1-8-15(20)21/h3,5-6,11H,1-2,4,7-10H2,(H,17,22)(H,20,21).